The monoisotopic (exact) mass is 212 g/mol. The molecule has 1 fully saturated rings. The third kappa shape index (κ3) is 2.53. The van der Waals surface area contributed by atoms with E-state index in [1.165, 1.54) is 5.69 Å². The molecule has 0 spiro atoms. The van der Waals surface area contributed by atoms with Crippen LogP contribution in [0.15, 0.2) is 10.9 Å². The van der Waals surface area contributed by atoms with E-state index in [0.717, 1.165) is 32.7 Å². The van der Waals surface area contributed by atoms with E-state index in [-0.39, 0.29) is 0 Å². The van der Waals surface area contributed by atoms with Gasteiger partial charge in [-0.15, -0.1) is 11.3 Å². The standard InChI is InChI=1S/C10H16N2OS/c1-2-10-6-12(3-4-13-10)5-9-7-14-8-11-9/h7-8,10H,2-6H2,1H3/t10-/m0/s1. The van der Waals surface area contributed by atoms with Crippen molar-refractivity contribution >= 4 is 11.3 Å². The Bertz CT molecular complexity index is 263. The average molecular weight is 212 g/mol. The quantitative estimate of drug-likeness (QED) is 0.763. The van der Waals surface area contributed by atoms with Crippen LogP contribution in [0.5, 0.6) is 0 Å². The smallest absolute Gasteiger partial charge is 0.0795 e. The normalized spacial score (nSPS) is 23.9. The van der Waals surface area contributed by atoms with E-state index in [0.29, 0.717) is 6.10 Å². The molecule has 1 atom stereocenters. The van der Waals surface area contributed by atoms with E-state index in [1.54, 1.807) is 11.3 Å². The highest BCUT2D eigenvalue weighted by Crippen LogP contribution is 2.12. The fourth-order valence-corrected chi connectivity index (χ4v) is 2.27. The summed E-state index contributed by atoms with van der Waals surface area (Å²) in [6.07, 6.45) is 1.52. The van der Waals surface area contributed by atoms with Gasteiger partial charge in [0.1, 0.15) is 0 Å². The van der Waals surface area contributed by atoms with Gasteiger partial charge in [0.05, 0.1) is 23.9 Å². The maximum absolute atomic E-state index is 5.62. The summed E-state index contributed by atoms with van der Waals surface area (Å²) in [5, 5.41) is 2.12. The summed E-state index contributed by atoms with van der Waals surface area (Å²) in [4.78, 5) is 6.72. The average Bonchev–Trinajstić information content (AvgIpc) is 2.71. The highest BCUT2D eigenvalue weighted by Gasteiger charge is 2.18. The molecule has 4 heteroatoms. The number of thiazole rings is 1. The van der Waals surface area contributed by atoms with Gasteiger partial charge in [0, 0.05) is 25.0 Å². The van der Waals surface area contributed by atoms with E-state index in [2.05, 4.69) is 22.2 Å². The predicted octanol–water partition coefficient (Wildman–Crippen LogP) is 1.75. The number of hydrogen-bond acceptors (Lipinski definition) is 4. The Balaban J connectivity index is 1.86. The van der Waals surface area contributed by atoms with Gasteiger partial charge in [0.2, 0.25) is 0 Å². The first-order chi connectivity index (χ1) is 6.88. The first-order valence-corrected chi connectivity index (χ1v) is 6.03. The van der Waals surface area contributed by atoms with E-state index in [9.17, 15) is 0 Å². The highest BCUT2D eigenvalue weighted by atomic mass is 32.1. The Morgan fingerprint density at radius 1 is 1.71 bits per heavy atom. The van der Waals surface area contributed by atoms with Crippen LogP contribution in [0.2, 0.25) is 0 Å². The first kappa shape index (κ1) is 10.1. The molecule has 0 radical (unpaired) electrons. The minimum absolute atomic E-state index is 0.419. The molecular weight excluding hydrogens is 196 g/mol. The molecule has 1 aromatic rings. The number of ether oxygens (including phenoxy) is 1. The van der Waals surface area contributed by atoms with Gasteiger partial charge in [0.25, 0.3) is 0 Å². The summed E-state index contributed by atoms with van der Waals surface area (Å²) < 4.78 is 5.62. The van der Waals surface area contributed by atoms with Crippen LogP contribution >= 0.6 is 11.3 Å². The lowest BCUT2D eigenvalue weighted by Crippen LogP contribution is -2.41. The van der Waals surface area contributed by atoms with Crippen LogP contribution in [0, 0.1) is 0 Å². The summed E-state index contributed by atoms with van der Waals surface area (Å²) in [7, 11) is 0. The second kappa shape index (κ2) is 4.87. The minimum Gasteiger partial charge on any atom is -0.376 e. The van der Waals surface area contributed by atoms with Crippen molar-refractivity contribution in [1.82, 2.24) is 9.88 Å². The summed E-state index contributed by atoms with van der Waals surface area (Å²) in [6, 6.07) is 0. The third-order valence-corrected chi connectivity index (χ3v) is 3.18. The Morgan fingerprint density at radius 3 is 3.36 bits per heavy atom. The molecule has 1 aliphatic heterocycles. The van der Waals surface area contributed by atoms with Crippen molar-refractivity contribution in [3.8, 4) is 0 Å². The number of nitrogens with zero attached hydrogens (tertiary/aromatic N) is 2. The molecule has 1 aliphatic rings. The lowest BCUT2D eigenvalue weighted by Gasteiger charge is -2.31. The van der Waals surface area contributed by atoms with Crippen molar-refractivity contribution in [2.45, 2.75) is 26.0 Å². The van der Waals surface area contributed by atoms with E-state index >= 15 is 0 Å². The van der Waals surface area contributed by atoms with Crippen LogP contribution in [0.1, 0.15) is 19.0 Å². The summed E-state index contributed by atoms with van der Waals surface area (Å²) >= 11 is 1.67. The Labute approximate surface area is 88.7 Å². The van der Waals surface area contributed by atoms with Gasteiger partial charge in [-0.1, -0.05) is 6.92 Å². The molecule has 0 unspecified atom stereocenters. The minimum atomic E-state index is 0.419. The van der Waals surface area contributed by atoms with E-state index in [4.69, 9.17) is 4.74 Å². The molecule has 1 saturated heterocycles. The molecule has 0 N–H and O–H groups in total. The molecule has 1 aromatic heterocycles. The van der Waals surface area contributed by atoms with Crippen molar-refractivity contribution in [3.05, 3.63) is 16.6 Å². The van der Waals surface area contributed by atoms with Gasteiger partial charge in [-0.2, -0.15) is 0 Å². The maximum Gasteiger partial charge on any atom is 0.0795 e. The van der Waals surface area contributed by atoms with Gasteiger partial charge >= 0.3 is 0 Å². The summed E-state index contributed by atoms with van der Waals surface area (Å²) in [5.74, 6) is 0. The van der Waals surface area contributed by atoms with Gasteiger partial charge < -0.3 is 4.74 Å². The highest BCUT2D eigenvalue weighted by molar-refractivity contribution is 7.07. The van der Waals surface area contributed by atoms with Crippen LogP contribution in [0.4, 0.5) is 0 Å². The molecule has 0 bridgehead atoms. The molecule has 78 valence electrons. The fraction of sp³-hybridized carbons (Fsp3) is 0.700. The largest absolute Gasteiger partial charge is 0.376 e. The second-order valence-electron chi connectivity index (χ2n) is 3.62. The van der Waals surface area contributed by atoms with Crippen LogP contribution in [0.3, 0.4) is 0 Å². The van der Waals surface area contributed by atoms with Crippen LogP contribution < -0.4 is 0 Å². The zero-order valence-corrected chi connectivity index (χ0v) is 9.30. The van der Waals surface area contributed by atoms with Crippen molar-refractivity contribution in [1.29, 1.82) is 0 Å². The molecule has 2 heterocycles. The molecular formula is C10H16N2OS. The Hall–Kier alpha value is -0.450. The zero-order valence-electron chi connectivity index (χ0n) is 8.48. The molecule has 2 rings (SSSR count). The first-order valence-electron chi connectivity index (χ1n) is 5.09. The topological polar surface area (TPSA) is 25.4 Å². The third-order valence-electron chi connectivity index (χ3n) is 2.55. The number of hydrogen-bond donors (Lipinski definition) is 0. The Morgan fingerprint density at radius 2 is 2.64 bits per heavy atom. The van der Waals surface area contributed by atoms with Gasteiger partial charge in [0.15, 0.2) is 0 Å². The number of rotatable bonds is 3. The summed E-state index contributed by atoms with van der Waals surface area (Å²) in [6.45, 7) is 6.10. The summed E-state index contributed by atoms with van der Waals surface area (Å²) in [5.41, 5.74) is 3.08. The zero-order chi connectivity index (χ0) is 9.80. The second-order valence-corrected chi connectivity index (χ2v) is 4.33. The predicted molar refractivity (Wildman–Crippen MR) is 57.4 cm³/mol. The van der Waals surface area contributed by atoms with E-state index < -0.39 is 0 Å². The lowest BCUT2D eigenvalue weighted by molar-refractivity contribution is -0.0327. The SMILES string of the molecule is CC[C@H]1CN(Cc2cscn2)CCO1. The van der Waals surface area contributed by atoms with Crippen LogP contribution in [0.25, 0.3) is 0 Å². The van der Waals surface area contributed by atoms with Gasteiger partial charge in [-0.3, -0.25) is 4.90 Å². The van der Waals surface area contributed by atoms with Crippen molar-refractivity contribution < 1.29 is 4.74 Å². The van der Waals surface area contributed by atoms with Crippen molar-refractivity contribution in [2.75, 3.05) is 19.7 Å². The van der Waals surface area contributed by atoms with Crippen molar-refractivity contribution in [3.63, 3.8) is 0 Å². The lowest BCUT2D eigenvalue weighted by atomic mass is 10.2. The molecule has 0 aliphatic carbocycles. The molecule has 3 nitrogen and oxygen atoms in total. The van der Waals surface area contributed by atoms with Gasteiger partial charge in [-0.05, 0) is 6.42 Å². The molecule has 0 saturated carbocycles. The number of morpholine rings is 1. The van der Waals surface area contributed by atoms with E-state index in [1.807, 2.05) is 5.51 Å². The maximum atomic E-state index is 5.62. The van der Waals surface area contributed by atoms with Gasteiger partial charge in [-0.25, -0.2) is 4.98 Å². The van der Waals surface area contributed by atoms with Crippen LogP contribution in [-0.4, -0.2) is 35.7 Å². The molecule has 0 amide bonds. The Kier molecular flexibility index (Phi) is 3.50. The molecule has 14 heavy (non-hydrogen) atoms. The fourth-order valence-electron chi connectivity index (χ4n) is 1.72. The van der Waals surface area contributed by atoms with Crippen LogP contribution in [-0.2, 0) is 11.3 Å². The van der Waals surface area contributed by atoms with Crippen molar-refractivity contribution in [2.24, 2.45) is 0 Å². The molecule has 0 aromatic carbocycles. The number of aromatic nitrogens is 1.